The summed E-state index contributed by atoms with van der Waals surface area (Å²) in [5.74, 6) is 0.450. The van der Waals surface area contributed by atoms with E-state index >= 15 is 0 Å². The Morgan fingerprint density at radius 1 is 1.11 bits per heavy atom. The van der Waals surface area contributed by atoms with Crippen molar-refractivity contribution in [3.8, 4) is 11.5 Å². The molecule has 5 rings (SSSR count). The average molecular weight is 493 g/mol. The minimum absolute atomic E-state index is 0.154. The van der Waals surface area contributed by atoms with Gasteiger partial charge in [0.25, 0.3) is 5.56 Å². The van der Waals surface area contributed by atoms with Crippen LogP contribution in [0.3, 0.4) is 0 Å². The zero-order valence-corrected chi connectivity index (χ0v) is 20.7. The quantitative estimate of drug-likeness (QED) is 0.360. The molecule has 2 N–H and O–H groups in total. The second kappa shape index (κ2) is 8.47. The average Bonchev–Trinajstić information content (AvgIpc) is 3.45. The first-order valence-corrected chi connectivity index (χ1v) is 11.5. The molecule has 0 radical (unpaired) electrons. The molecule has 4 heterocycles. The summed E-state index contributed by atoms with van der Waals surface area (Å²) in [5.41, 5.74) is 4.66. The van der Waals surface area contributed by atoms with Crippen molar-refractivity contribution in [2.75, 3.05) is 5.32 Å². The fraction of sp³-hybridized carbons (Fsp3) is 0.292. The number of pyridine rings is 1. The van der Waals surface area contributed by atoms with Crippen LogP contribution in [0.4, 0.5) is 5.69 Å². The van der Waals surface area contributed by atoms with Gasteiger partial charge in [0.2, 0.25) is 5.82 Å². The van der Waals surface area contributed by atoms with Crippen LogP contribution in [-0.4, -0.2) is 38.8 Å². The Kier molecular flexibility index (Phi) is 5.57. The number of imidazole rings is 1. The molecule has 35 heavy (non-hydrogen) atoms. The van der Waals surface area contributed by atoms with E-state index in [4.69, 9.17) is 11.6 Å². The minimum atomic E-state index is -0.818. The molecule has 180 valence electrons. The number of rotatable bonds is 5. The van der Waals surface area contributed by atoms with Gasteiger partial charge in [0.05, 0.1) is 28.7 Å². The summed E-state index contributed by atoms with van der Waals surface area (Å²) in [6.07, 6.45) is 2.43. The molecule has 0 aliphatic carbocycles. The standard InChI is InChI=1S/C24H25ClN8O2/c1-12-8-15(13(2)28-17-6-7-18(25)29-20(17)22-27-10-31(4)30-22)21-16(9-12)24(35)32(5)23-19(14(3)34)26-11-33(21)23/h6-11,13-14,28,34H,1-5H3. The number of aliphatic hydroxyl groups excluding tert-OH is 1. The lowest BCUT2D eigenvalue weighted by Crippen LogP contribution is -2.22. The van der Waals surface area contributed by atoms with E-state index in [0.717, 1.165) is 16.6 Å². The van der Waals surface area contributed by atoms with Crippen molar-refractivity contribution in [3.63, 3.8) is 0 Å². The van der Waals surface area contributed by atoms with Crippen molar-refractivity contribution < 1.29 is 5.11 Å². The largest absolute Gasteiger partial charge is 0.387 e. The molecule has 0 amide bonds. The minimum Gasteiger partial charge on any atom is -0.387 e. The number of hydrogen-bond acceptors (Lipinski definition) is 7. The smallest absolute Gasteiger partial charge is 0.261 e. The highest BCUT2D eigenvalue weighted by Gasteiger charge is 2.22. The summed E-state index contributed by atoms with van der Waals surface area (Å²) in [5, 5.41) is 19.0. The first-order valence-electron chi connectivity index (χ1n) is 11.1. The molecule has 10 nitrogen and oxygen atoms in total. The van der Waals surface area contributed by atoms with E-state index in [2.05, 4.69) is 25.4 Å². The molecule has 2 atom stereocenters. The second-order valence-corrected chi connectivity index (χ2v) is 9.14. The van der Waals surface area contributed by atoms with E-state index in [9.17, 15) is 9.90 Å². The van der Waals surface area contributed by atoms with Crippen molar-refractivity contribution in [3.05, 3.63) is 69.2 Å². The second-order valence-electron chi connectivity index (χ2n) is 8.75. The lowest BCUT2D eigenvalue weighted by atomic mass is 10.0. The molecule has 0 aliphatic rings. The van der Waals surface area contributed by atoms with Gasteiger partial charge >= 0.3 is 0 Å². The van der Waals surface area contributed by atoms with Crippen molar-refractivity contribution in [1.29, 1.82) is 0 Å². The lowest BCUT2D eigenvalue weighted by Gasteiger charge is -2.21. The van der Waals surface area contributed by atoms with E-state index in [1.165, 1.54) is 4.57 Å². The Bertz CT molecular complexity index is 1650. The molecule has 0 saturated carbocycles. The zero-order valence-electron chi connectivity index (χ0n) is 20.0. The van der Waals surface area contributed by atoms with E-state index in [0.29, 0.717) is 39.1 Å². The predicted octanol–water partition coefficient (Wildman–Crippen LogP) is 3.56. The van der Waals surface area contributed by atoms with E-state index in [-0.39, 0.29) is 11.6 Å². The molecule has 0 spiro atoms. The number of hydrogen-bond donors (Lipinski definition) is 2. The third kappa shape index (κ3) is 3.84. The van der Waals surface area contributed by atoms with Gasteiger partial charge in [-0.15, -0.1) is 5.10 Å². The number of aryl methyl sites for hydroxylation is 3. The molecular weight excluding hydrogens is 468 g/mol. The molecule has 1 aromatic carbocycles. The van der Waals surface area contributed by atoms with Gasteiger partial charge in [-0.05, 0) is 50.1 Å². The Hall–Kier alpha value is -3.76. The number of aromatic nitrogens is 7. The highest BCUT2D eigenvalue weighted by Crippen LogP contribution is 2.32. The number of benzene rings is 1. The summed E-state index contributed by atoms with van der Waals surface area (Å²) in [6, 6.07) is 7.23. The fourth-order valence-electron chi connectivity index (χ4n) is 4.47. The lowest BCUT2D eigenvalue weighted by molar-refractivity contribution is 0.196. The maximum atomic E-state index is 13.4. The summed E-state index contributed by atoms with van der Waals surface area (Å²) >= 11 is 6.18. The van der Waals surface area contributed by atoms with Gasteiger partial charge in [0.1, 0.15) is 34.8 Å². The van der Waals surface area contributed by atoms with Gasteiger partial charge in [-0.3, -0.25) is 18.4 Å². The number of nitrogens with zero attached hydrogens (tertiary/aromatic N) is 7. The molecule has 4 aromatic heterocycles. The Morgan fingerprint density at radius 2 is 1.89 bits per heavy atom. The highest BCUT2D eigenvalue weighted by atomic mass is 35.5. The molecular formula is C24H25ClN8O2. The van der Waals surface area contributed by atoms with Crippen LogP contribution in [0, 0.1) is 6.92 Å². The number of fused-ring (bicyclic) bond motifs is 3. The maximum absolute atomic E-state index is 13.4. The number of halogens is 1. The van der Waals surface area contributed by atoms with Crippen LogP contribution in [0.15, 0.2) is 41.7 Å². The van der Waals surface area contributed by atoms with Crippen molar-refractivity contribution in [1.82, 2.24) is 33.7 Å². The van der Waals surface area contributed by atoms with Gasteiger partial charge in [0.15, 0.2) is 0 Å². The summed E-state index contributed by atoms with van der Waals surface area (Å²) in [7, 11) is 3.48. The van der Waals surface area contributed by atoms with Crippen molar-refractivity contribution in [2.45, 2.75) is 32.9 Å². The monoisotopic (exact) mass is 492 g/mol. The molecule has 0 bridgehead atoms. The van der Waals surface area contributed by atoms with Crippen LogP contribution in [-0.2, 0) is 14.1 Å². The first-order chi connectivity index (χ1) is 16.7. The Balaban J connectivity index is 1.71. The zero-order chi connectivity index (χ0) is 25.0. The van der Waals surface area contributed by atoms with Gasteiger partial charge < -0.3 is 10.4 Å². The Labute approximate surface area is 205 Å². The fourth-order valence-corrected chi connectivity index (χ4v) is 4.62. The number of aliphatic hydroxyl groups is 1. The van der Waals surface area contributed by atoms with E-state index in [1.807, 2.05) is 36.4 Å². The molecule has 2 unspecified atom stereocenters. The third-order valence-electron chi connectivity index (χ3n) is 6.05. The Morgan fingerprint density at radius 3 is 2.57 bits per heavy atom. The van der Waals surface area contributed by atoms with Gasteiger partial charge in [-0.25, -0.2) is 15.0 Å². The molecule has 0 saturated heterocycles. The van der Waals surface area contributed by atoms with Gasteiger partial charge in [-0.2, -0.15) is 0 Å². The summed E-state index contributed by atoms with van der Waals surface area (Å²) in [4.78, 5) is 26.5. The van der Waals surface area contributed by atoms with Crippen LogP contribution in [0.25, 0.3) is 28.1 Å². The molecule has 5 aromatic rings. The normalized spacial score (nSPS) is 13.5. The summed E-state index contributed by atoms with van der Waals surface area (Å²) < 4.78 is 5.00. The van der Waals surface area contributed by atoms with Gasteiger partial charge in [0, 0.05) is 14.1 Å². The summed E-state index contributed by atoms with van der Waals surface area (Å²) in [6.45, 7) is 5.60. The van der Waals surface area contributed by atoms with Crippen LogP contribution in [0.1, 0.15) is 42.8 Å². The number of anilines is 1. The van der Waals surface area contributed by atoms with Crippen LogP contribution in [0.2, 0.25) is 5.15 Å². The maximum Gasteiger partial charge on any atom is 0.261 e. The van der Waals surface area contributed by atoms with Crippen LogP contribution < -0.4 is 10.9 Å². The molecule has 0 fully saturated rings. The predicted molar refractivity (Wildman–Crippen MR) is 135 cm³/mol. The van der Waals surface area contributed by atoms with Crippen LogP contribution >= 0.6 is 11.6 Å². The number of nitrogens with one attached hydrogen (secondary N) is 1. The highest BCUT2D eigenvalue weighted by molar-refractivity contribution is 6.29. The topological polar surface area (TPSA) is 115 Å². The van der Waals surface area contributed by atoms with E-state index < -0.39 is 6.10 Å². The van der Waals surface area contributed by atoms with Crippen molar-refractivity contribution in [2.24, 2.45) is 14.1 Å². The molecule has 0 aliphatic heterocycles. The van der Waals surface area contributed by atoms with Crippen molar-refractivity contribution >= 4 is 33.8 Å². The van der Waals surface area contributed by atoms with Crippen LogP contribution in [0.5, 0.6) is 0 Å². The van der Waals surface area contributed by atoms with E-state index in [1.54, 1.807) is 44.4 Å². The molecule has 11 heteroatoms. The first kappa shape index (κ1) is 23.0. The SMILES string of the molecule is Cc1cc(C(C)Nc2ccc(Cl)nc2-c2ncn(C)n2)c2c(c1)c(=O)n(C)c1c(C(C)O)ncn21. The van der Waals surface area contributed by atoms with Gasteiger partial charge in [-0.1, -0.05) is 17.7 Å². The third-order valence-corrected chi connectivity index (χ3v) is 6.26.